The van der Waals surface area contributed by atoms with Crippen molar-refractivity contribution in [3.8, 4) is 0 Å². The first kappa shape index (κ1) is 12.3. The number of unbranched alkanes of at least 4 members (excludes halogenated alkanes) is 1. The quantitative estimate of drug-likeness (QED) is 0.306. The molecule has 0 amide bonds. The van der Waals surface area contributed by atoms with E-state index in [4.69, 9.17) is 10.9 Å². The molecule has 0 saturated heterocycles. The van der Waals surface area contributed by atoms with Crippen LogP contribution in [0.15, 0.2) is 5.16 Å². The molecule has 1 rings (SSSR count). The third-order valence-corrected chi connectivity index (χ3v) is 3.13. The van der Waals surface area contributed by atoms with E-state index in [0.717, 1.165) is 6.54 Å². The molecule has 0 aromatic carbocycles. The standard InChI is InChI=1S/C11H23N3O/c1-2-3-8-14(9-11(12)13-15)10-6-4-5-7-10/h10,15H,2-9H2,1H3,(H2,12,13). The normalized spacial score (nSPS) is 18.9. The van der Waals surface area contributed by atoms with Gasteiger partial charge in [-0.05, 0) is 25.8 Å². The minimum absolute atomic E-state index is 0.331. The second-order valence-electron chi connectivity index (χ2n) is 4.35. The molecule has 88 valence electrons. The maximum absolute atomic E-state index is 8.59. The molecule has 0 radical (unpaired) electrons. The molecule has 1 aliphatic rings. The summed E-state index contributed by atoms with van der Waals surface area (Å²) in [5, 5.41) is 11.6. The van der Waals surface area contributed by atoms with Crippen LogP contribution in [-0.4, -0.2) is 35.1 Å². The number of amidine groups is 1. The first-order valence-corrected chi connectivity index (χ1v) is 5.98. The molecule has 0 atom stereocenters. The molecule has 1 fully saturated rings. The van der Waals surface area contributed by atoms with Crippen molar-refractivity contribution in [1.82, 2.24) is 4.90 Å². The number of nitrogens with zero attached hydrogens (tertiary/aromatic N) is 2. The lowest BCUT2D eigenvalue weighted by molar-refractivity contribution is 0.219. The van der Waals surface area contributed by atoms with Crippen LogP contribution in [-0.2, 0) is 0 Å². The molecule has 15 heavy (non-hydrogen) atoms. The van der Waals surface area contributed by atoms with E-state index >= 15 is 0 Å². The Kier molecular flexibility index (Phi) is 5.47. The summed E-state index contributed by atoms with van der Waals surface area (Å²) in [6.45, 7) is 3.87. The molecular formula is C11H23N3O. The maximum atomic E-state index is 8.59. The van der Waals surface area contributed by atoms with Gasteiger partial charge in [0.25, 0.3) is 0 Å². The number of oxime groups is 1. The Morgan fingerprint density at radius 2 is 2.13 bits per heavy atom. The van der Waals surface area contributed by atoms with Crippen LogP contribution in [0.25, 0.3) is 0 Å². The molecule has 0 aromatic heterocycles. The van der Waals surface area contributed by atoms with Crippen molar-refractivity contribution < 1.29 is 5.21 Å². The van der Waals surface area contributed by atoms with E-state index in [9.17, 15) is 0 Å². The van der Waals surface area contributed by atoms with E-state index < -0.39 is 0 Å². The van der Waals surface area contributed by atoms with Crippen molar-refractivity contribution >= 4 is 5.84 Å². The Hall–Kier alpha value is -0.770. The Balaban J connectivity index is 2.43. The minimum Gasteiger partial charge on any atom is -0.409 e. The summed E-state index contributed by atoms with van der Waals surface area (Å²) in [6.07, 6.45) is 7.56. The van der Waals surface area contributed by atoms with Crippen LogP contribution in [0.2, 0.25) is 0 Å². The zero-order chi connectivity index (χ0) is 11.1. The SMILES string of the molecule is CCCCN(CC(N)=NO)C1CCCC1. The third kappa shape index (κ3) is 4.08. The van der Waals surface area contributed by atoms with Gasteiger partial charge in [0, 0.05) is 6.04 Å². The molecule has 0 spiro atoms. The molecule has 0 heterocycles. The molecule has 3 N–H and O–H groups in total. The summed E-state index contributed by atoms with van der Waals surface area (Å²) in [7, 11) is 0. The van der Waals surface area contributed by atoms with E-state index in [1.807, 2.05) is 0 Å². The van der Waals surface area contributed by atoms with Gasteiger partial charge in [-0.3, -0.25) is 4.90 Å². The van der Waals surface area contributed by atoms with Gasteiger partial charge in [-0.2, -0.15) is 0 Å². The van der Waals surface area contributed by atoms with Gasteiger partial charge in [-0.15, -0.1) is 0 Å². The summed E-state index contributed by atoms with van der Waals surface area (Å²) >= 11 is 0. The fourth-order valence-corrected chi connectivity index (χ4v) is 2.26. The Morgan fingerprint density at radius 1 is 1.47 bits per heavy atom. The zero-order valence-electron chi connectivity index (χ0n) is 9.65. The molecule has 1 saturated carbocycles. The Morgan fingerprint density at radius 3 is 2.67 bits per heavy atom. The highest BCUT2D eigenvalue weighted by molar-refractivity contribution is 5.81. The van der Waals surface area contributed by atoms with E-state index in [2.05, 4.69) is 17.0 Å². The summed E-state index contributed by atoms with van der Waals surface area (Å²) < 4.78 is 0. The third-order valence-electron chi connectivity index (χ3n) is 3.13. The van der Waals surface area contributed by atoms with Crippen LogP contribution in [0, 0.1) is 0 Å². The summed E-state index contributed by atoms with van der Waals surface area (Å²) in [4.78, 5) is 2.37. The highest BCUT2D eigenvalue weighted by Gasteiger charge is 2.22. The van der Waals surface area contributed by atoms with Crippen molar-refractivity contribution in [2.45, 2.75) is 51.5 Å². The first-order chi connectivity index (χ1) is 7.27. The van der Waals surface area contributed by atoms with E-state index in [1.165, 1.54) is 38.5 Å². The van der Waals surface area contributed by atoms with Gasteiger partial charge in [-0.25, -0.2) is 0 Å². The maximum Gasteiger partial charge on any atom is 0.153 e. The molecule has 0 unspecified atom stereocenters. The zero-order valence-corrected chi connectivity index (χ0v) is 9.65. The first-order valence-electron chi connectivity index (χ1n) is 5.98. The van der Waals surface area contributed by atoms with Gasteiger partial charge in [0.2, 0.25) is 0 Å². The predicted octanol–water partition coefficient (Wildman–Crippen LogP) is 1.78. The smallest absolute Gasteiger partial charge is 0.153 e. The topological polar surface area (TPSA) is 61.8 Å². The highest BCUT2D eigenvalue weighted by atomic mass is 16.4. The van der Waals surface area contributed by atoms with Gasteiger partial charge in [0.05, 0.1) is 6.54 Å². The molecule has 0 aliphatic heterocycles. The predicted molar refractivity (Wildman–Crippen MR) is 62.1 cm³/mol. The molecule has 0 bridgehead atoms. The lowest BCUT2D eigenvalue weighted by Gasteiger charge is -2.27. The van der Waals surface area contributed by atoms with E-state index in [-0.39, 0.29) is 0 Å². The number of hydrogen-bond acceptors (Lipinski definition) is 3. The van der Waals surface area contributed by atoms with Crippen LogP contribution in [0.3, 0.4) is 0 Å². The number of hydrogen-bond donors (Lipinski definition) is 2. The molecule has 4 heteroatoms. The van der Waals surface area contributed by atoms with Crippen molar-refractivity contribution in [3.63, 3.8) is 0 Å². The van der Waals surface area contributed by atoms with E-state index in [0.29, 0.717) is 18.4 Å². The van der Waals surface area contributed by atoms with Gasteiger partial charge in [0.15, 0.2) is 5.84 Å². The Labute approximate surface area is 92.1 Å². The van der Waals surface area contributed by atoms with Crippen molar-refractivity contribution in [1.29, 1.82) is 0 Å². The van der Waals surface area contributed by atoms with Crippen LogP contribution in [0.4, 0.5) is 0 Å². The van der Waals surface area contributed by atoms with Crippen LogP contribution >= 0.6 is 0 Å². The molecule has 0 aromatic rings. The average Bonchev–Trinajstić information content (AvgIpc) is 2.77. The van der Waals surface area contributed by atoms with Crippen LogP contribution in [0.1, 0.15) is 45.4 Å². The summed E-state index contributed by atoms with van der Waals surface area (Å²) in [5.74, 6) is 0.331. The van der Waals surface area contributed by atoms with Gasteiger partial charge in [-0.1, -0.05) is 31.3 Å². The van der Waals surface area contributed by atoms with Crippen molar-refractivity contribution in [2.24, 2.45) is 10.9 Å². The minimum atomic E-state index is 0.331. The fraction of sp³-hybridized carbons (Fsp3) is 0.909. The lowest BCUT2D eigenvalue weighted by atomic mass is 10.2. The molecule has 4 nitrogen and oxygen atoms in total. The summed E-state index contributed by atoms with van der Waals surface area (Å²) in [5.41, 5.74) is 5.57. The van der Waals surface area contributed by atoms with Crippen molar-refractivity contribution in [3.05, 3.63) is 0 Å². The van der Waals surface area contributed by atoms with E-state index in [1.54, 1.807) is 0 Å². The molecule has 1 aliphatic carbocycles. The highest BCUT2D eigenvalue weighted by Crippen LogP contribution is 2.23. The van der Waals surface area contributed by atoms with Gasteiger partial charge < -0.3 is 10.9 Å². The number of rotatable bonds is 6. The van der Waals surface area contributed by atoms with Crippen LogP contribution in [0.5, 0.6) is 0 Å². The van der Waals surface area contributed by atoms with Crippen LogP contribution < -0.4 is 5.73 Å². The Bertz CT molecular complexity index is 200. The fourth-order valence-electron chi connectivity index (χ4n) is 2.26. The second kappa shape index (κ2) is 6.67. The summed E-state index contributed by atoms with van der Waals surface area (Å²) in [6, 6.07) is 0.650. The molecular weight excluding hydrogens is 190 g/mol. The average molecular weight is 213 g/mol. The van der Waals surface area contributed by atoms with Crippen molar-refractivity contribution in [2.75, 3.05) is 13.1 Å². The number of nitrogens with two attached hydrogens (primary N) is 1. The largest absolute Gasteiger partial charge is 0.409 e. The van der Waals surface area contributed by atoms with Gasteiger partial charge in [0.1, 0.15) is 0 Å². The second-order valence-corrected chi connectivity index (χ2v) is 4.35. The van der Waals surface area contributed by atoms with Gasteiger partial charge >= 0.3 is 0 Å². The monoisotopic (exact) mass is 213 g/mol. The lowest BCUT2D eigenvalue weighted by Crippen LogP contribution is -2.40.